The van der Waals surface area contributed by atoms with Crippen molar-refractivity contribution in [2.75, 3.05) is 0 Å². The number of nitrogens with zero attached hydrogens (tertiary/aromatic N) is 6. The van der Waals surface area contributed by atoms with Gasteiger partial charge in [-0.25, -0.2) is 14.5 Å². The molecule has 0 aliphatic heterocycles. The Balaban J connectivity index is 1.97. The predicted molar refractivity (Wildman–Crippen MR) is 84.7 cm³/mol. The van der Waals surface area contributed by atoms with Gasteiger partial charge in [0, 0.05) is 17.0 Å². The molecule has 3 heterocycles. The van der Waals surface area contributed by atoms with Crippen molar-refractivity contribution in [1.82, 2.24) is 24.6 Å². The van der Waals surface area contributed by atoms with Gasteiger partial charge in [-0.05, 0) is 51.1 Å². The first kappa shape index (κ1) is 15.3. The summed E-state index contributed by atoms with van der Waals surface area (Å²) in [6, 6.07) is 1.66. The zero-order chi connectivity index (χ0) is 16.7. The Hall–Kier alpha value is -2.55. The van der Waals surface area contributed by atoms with Gasteiger partial charge in [-0.3, -0.25) is 10.1 Å². The summed E-state index contributed by atoms with van der Waals surface area (Å²) >= 11 is 1.25. The molecule has 0 atom stereocenters. The topological polar surface area (TPSA) is 99.1 Å². The molecule has 0 saturated carbocycles. The van der Waals surface area contributed by atoms with E-state index in [0.29, 0.717) is 21.5 Å². The van der Waals surface area contributed by atoms with Crippen molar-refractivity contribution in [2.45, 2.75) is 37.9 Å². The molecule has 0 saturated heterocycles. The van der Waals surface area contributed by atoms with Crippen LogP contribution >= 0.6 is 11.8 Å². The van der Waals surface area contributed by atoms with Crippen LogP contribution in [-0.4, -0.2) is 29.5 Å². The molecule has 3 aromatic heterocycles. The first-order chi connectivity index (χ1) is 10.9. The molecular weight excluding hydrogens is 316 g/mol. The summed E-state index contributed by atoms with van der Waals surface area (Å²) in [7, 11) is 0. The zero-order valence-electron chi connectivity index (χ0n) is 13.1. The van der Waals surface area contributed by atoms with Crippen LogP contribution in [0.15, 0.2) is 22.4 Å². The van der Waals surface area contributed by atoms with E-state index in [0.717, 1.165) is 17.0 Å². The molecule has 0 bridgehead atoms. The minimum atomic E-state index is -0.446. The Bertz CT molecular complexity index is 937. The minimum Gasteiger partial charge on any atom is -0.258 e. The van der Waals surface area contributed by atoms with E-state index in [2.05, 4.69) is 20.1 Å². The van der Waals surface area contributed by atoms with E-state index in [1.807, 2.05) is 20.8 Å². The Morgan fingerprint density at radius 1 is 1.22 bits per heavy atom. The second-order valence-electron chi connectivity index (χ2n) is 5.18. The van der Waals surface area contributed by atoms with Crippen molar-refractivity contribution in [1.29, 1.82) is 0 Å². The van der Waals surface area contributed by atoms with Crippen molar-refractivity contribution in [3.05, 3.63) is 44.9 Å². The van der Waals surface area contributed by atoms with Crippen LogP contribution in [0.5, 0.6) is 0 Å². The van der Waals surface area contributed by atoms with Crippen LogP contribution in [0.2, 0.25) is 0 Å². The molecule has 3 rings (SSSR count). The maximum Gasteiger partial charge on any atom is 0.290 e. The molecule has 0 spiro atoms. The smallest absolute Gasteiger partial charge is 0.258 e. The fraction of sp³-hybridized carbons (Fsp3) is 0.286. The van der Waals surface area contributed by atoms with Gasteiger partial charge in [0.05, 0.1) is 4.92 Å². The lowest BCUT2D eigenvalue weighted by Crippen LogP contribution is -2.02. The first-order valence-corrected chi connectivity index (χ1v) is 7.68. The summed E-state index contributed by atoms with van der Waals surface area (Å²) in [6.07, 6.45) is 1.26. The van der Waals surface area contributed by atoms with Gasteiger partial charge in [-0.15, -0.1) is 5.10 Å². The Morgan fingerprint density at radius 3 is 2.61 bits per heavy atom. The minimum absolute atomic E-state index is 0.000992. The third-order valence-electron chi connectivity index (χ3n) is 3.69. The number of nitro groups is 1. The maximum atomic E-state index is 10.8. The summed E-state index contributed by atoms with van der Waals surface area (Å²) in [5, 5.41) is 16.4. The van der Waals surface area contributed by atoms with Crippen LogP contribution in [0.1, 0.15) is 22.5 Å². The maximum absolute atomic E-state index is 10.8. The largest absolute Gasteiger partial charge is 0.290 e. The number of aromatic nitrogens is 5. The molecule has 0 aliphatic carbocycles. The molecule has 0 radical (unpaired) electrons. The highest BCUT2D eigenvalue weighted by Gasteiger charge is 2.15. The number of aryl methyl sites for hydroxylation is 3. The van der Waals surface area contributed by atoms with Gasteiger partial charge in [0.15, 0.2) is 0 Å². The predicted octanol–water partition coefficient (Wildman–Crippen LogP) is 2.81. The molecule has 0 unspecified atom stereocenters. The van der Waals surface area contributed by atoms with Gasteiger partial charge < -0.3 is 0 Å². The van der Waals surface area contributed by atoms with Crippen molar-refractivity contribution in [2.24, 2.45) is 0 Å². The van der Waals surface area contributed by atoms with Gasteiger partial charge in [0.2, 0.25) is 5.16 Å². The average molecular weight is 330 g/mol. The summed E-state index contributed by atoms with van der Waals surface area (Å²) in [4.78, 5) is 23.3. The van der Waals surface area contributed by atoms with Crippen molar-refractivity contribution in [3.63, 3.8) is 0 Å². The summed E-state index contributed by atoms with van der Waals surface area (Å²) in [5.41, 5.74) is 3.53. The standard InChI is InChI=1S/C14H14N6O2S/c1-7-5-12(15-6-11(7)20(21)22)23-14-17-13-16-9(3)8(2)10(4)19(13)18-14/h5-6H,1-4H3. The SMILES string of the molecule is Cc1cc(Sc2nc3nc(C)c(C)c(C)n3n2)ncc1[N+](=O)[O-]. The van der Waals surface area contributed by atoms with E-state index in [9.17, 15) is 10.1 Å². The Labute approximate surface area is 136 Å². The number of hydrogen-bond acceptors (Lipinski definition) is 7. The van der Waals surface area contributed by atoms with E-state index in [4.69, 9.17) is 0 Å². The second-order valence-corrected chi connectivity index (χ2v) is 6.17. The van der Waals surface area contributed by atoms with Gasteiger partial charge in [-0.1, -0.05) is 0 Å². The summed E-state index contributed by atoms with van der Waals surface area (Å²) in [5.74, 6) is 0.534. The fourth-order valence-electron chi connectivity index (χ4n) is 2.14. The molecule has 118 valence electrons. The Kier molecular flexibility index (Phi) is 3.72. The van der Waals surface area contributed by atoms with E-state index in [-0.39, 0.29) is 5.69 Å². The van der Waals surface area contributed by atoms with Gasteiger partial charge in [0.25, 0.3) is 11.5 Å². The molecule has 0 aliphatic rings. The fourth-order valence-corrected chi connectivity index (χ4v) is 2.92. The van der Waals surface area contributed by atoms with Gasteiger partial charge in [0.1, 0.15) is 11.2 Å². The van der Waals surface area contributed by atoms with Crippen LogP contribution in [0, 0.1) is 37.8 Å². The monoisotopic (exact) mass is 330 g/mol. The van der Waals surface area contributed by atoms with Crippen molar-refractivity contribution < 1.29 is 4.92 Å². The Morgan fingerprint density at radius 2 is 1.96 bits per heavy atom. The van der Waals surface area contributed by atoms with E-state index in [1.165, 1.54) is 18.0 Å². The molecule has 8 nitrogen and oxygen atoms in total. The zero-order valence-corrected chi connectivity index (χ0v) is 13.9. The van der Waals surface area contributed by atoms with Gasteiger partial charge >= 0.3 is 0 Å². The lowest BCUT2D eigenvalue weighted by atomic mass is 10.2. The van der Waals surface area contributed by atoms with Crippen LogP contribution in [0.3, 0.4) is 0 Å². The van der Waals surface area contributed by atoms with E-state index >= 15 is 0 Å². The van der Waals surface area contributed by atoms with E-state index in [1.54, 1.807) is 17.5 Å². The highest BCUT2D eigenvalue weighted by atomic mass is 32.2. The number of pyridine rings is 1. The van der Waals surface area contributed by atoms with Crippen LogP contribution < -0.4 is 0 Å². The third-order valence-corrected chi connectivity index (χ3v) is 4.48. The van der Waals surface area contributed by atoms with Crippen molar-refractivity contribution in [3.8, 4) is 0 Å². The van der Waals surface area contributed by atoms with Crippen LogP contribution in [0.25, 0.3) is 5.78 Å². The molecule has 0 fully saturated rings. The molecule has 0 amide bonds. The third kappa shape index (κ3) is 2.74. The van der Waals surface area contributed by atoms with Crippen LogP contribution in [0.4, 0.5) is 5.69 Å². The summed E-state index contributed by atoms with van der Waals surface area (Å²) < 4.78 is 1.70. The molecular formula is C14H14N6O2S. The highest BCUT2D eigenvalue weighted by Crippen LogP contribution is 2.27. The highest BCUT2D eigenvalue weighted by molar-refractivity contribution is 7.99. The number of rotatable bonds is 3. The first-order valence-electron chi connectivity index (χ1n) is 6.86. The molecule has 0 N–H and O–H groups in total. The molecule has 3 aromatic rings. The normalized spacial score (nSPS) is 11.1. The molecule has 0 aromatic carbocycles. The second kappa shape index (κ2) is 5.58. The lowest BCUT2D eigenvalue weighted by molar-refractivity contribution is -0.385. The lowest BCUT2D eigenvalue weighted by Gasteiger charge is -2.04. The van der Waals surface area contributed by atoms with E-state index < -0.39 is 4.92 Å². The molecule has 9 heteroatoms. The number of fused-ring (bicyclic) bond motifs is 1. The van der Waals surface area contributed by atoms with Crippen molar-refractivity contribution >= 4 is 23.2 Å². The quantitative estimate of drug-likeness (QED) is 0.537. The summed E-state index contributed by atoms with van der Waals surface area (Å²) in [6.45, 7) is 7.58. The van der Waals surface area contributed by atoms with Crippen LogP contribution in [-0.2, 0) is 0 Å². The average Bonchev–Trinajstić information content (AvgIpc) is 2.87. The molecule has 23 heavy (non-hydrogen) atoms. The number of hydrogen-bond donors (Lipinski definition) is 0. The van der Waals surface area contributed by atoms with Gasteiger partial charge in [-0.2, -0.15) is 4.98 Å².